The molecule has 2 saturated heterocycles. The highest BCUT2D eigenvalue weighted by atomic mass is 19.4. The zero-order chi connectivity index (χ0) is 34.2. The van der Waals surface area contributed by atoms with Gasteiger partial charge in [0.15, 0.2) is 17.5 Å². The van der Waals surface area contributed by atoms with Gasteiger partial charge in [0, 0.05) is 37.9 Å². The topological polar surface area (TPSA) is 152 Å². The second kappa shape index (κ2) is 14.9. The number of likely N-dealkylation sites (tertiary alicyclic amines) is 1. The number of halogens is 9. The number of pyridine rings is 1. The molecule has 45 heavy (non-hydrogen) atoms. The molecule has 4 N–H and O–H groups in total. The van der Waals surface area contributed by atoms with Crippen LogP contribution in [-0.2, 0) is 14.4 Å². The number of hydrogen-bond acceptors (Lipinski definition) is 7. The van der Waals surface area contributed by atoms with Crippen LogP contribution in [0.2, 0.25) is 0 Å². The molecule has 0 bridgehead atoms. The van der Waals surface area contributed by atoms with Crippen molar-refractivity contribution in [1.82, 2.24) is 20.5 Å². The summed E-state index contributed by atoms with van der Waals surface area (Å²) >= 11 is 0. The molecule has 1 spiro atoms. The molecule has 2 aliphatic heterocycles. The Morgan fingerprint density at radius 2 is 1.47 bits per heavy atom. The zero-order valence-corrected chi connectivity index (χ0v) is 22.7. The maximum Gasteiger partial charge on any atom is 0.490 e. The molecule has 2 aliphatic rings. The highest BCUT2D eigenvalue weighted by Crippen LogP contribution is 2.35. The van der Waals surface area contributed by atoms with E-state index in [1.54, 1.807) is 12.4 Å². The first-order chi connectivity index (χ1) is 20.8. The number of anilines is 1. The summed E-state index contributed by atoms with van der Waals surface area (Å²) < 4.78 is 103. The van der Waals surface area contributed by atoms with Crippen molar-refractivity contribution in [1.29, 1.82) is 0 Å². The summed E-state index contributed by atoms with van der Waals surface area (Å²) in [6.07, 6.45) is -5.50. The molecule has 2 aromatic rings. The van der Waals surface area contributed by atoms with Crippen LogP contribution in [0.5, 0.6) is 0 Å². The molecule has 11 nitrogen and oxygen atoms in total. The number of carboxylic acids is 2. The number of carbonyl (C=O) groups is 4. The molecule has 2 fully saturated rings. The quantitative estimate of drug-likeness (QED) is 0.280. The third kappa shape index (κ3) is 9.95. The number of aliphatic carboxylic acids is 2. The third-order valence-corrected chi connectivity index (χ3v) is 6.42. The molecular formula is C25H24F9N5O6. The standard InChI is InChI=1S/C21H22F3N5O2.2C2HF3O2/c22-16-10-14(11-17(23)18(16)24)19(30)26-6-9-28-7-3-21(4-8-28)20(31)27-13-29(21)15-2-1-5-25-12-15;2*3-2(4,5)1(6)7/h1-2,5,10-12H,3-4,6-9,13H2,(H,26,30)(H,27,31);2*(H,6,7). The number of alkyl halides is 6. The van der Waals surface area contributed by atoms with Gasteiger partial charge in [-0.2, -0.15) is 26.3 Å². The second-order valence-corrected chi connectivity index (χ2v) is 9.29. The fourth-order valence-corrected chi connectivity index (χ4v) is 4.20. The van der Waals surface area contributed by atoms with Crippen LogP contribution in [0.15, 0.2) is 36.7 Å². The lowest BCUT2D eigenvalue weighted by Gasteiger charge is -2.43. The van der Waals surface area contributed by atoms with Gasteiger partial charge in [-0.05, 0) is 37.1 Å². The summed E-state index contributed by atoms with van der Waals surface area (Å²) in [5.74, 6) is -10.6. The van der Waals surface area contributed by atoms with Crippen LogP contribution in [0.3, 0.4) is 0 Å². The summed E-state index contributed by atoms with van der Waals surface area (Å²) in [6, 6.07) is 5.11. The molecule has 20 heteroatoms. The summed E-state index contributed by atoms with van der Waals surface area (Å²) in [6.45, 7) is 2.51. The normalized spacial score (nSPS) is 16.1. The maximum absolute atomic E-state index is 13.3. The minimum Gasteiger partial charge on any atom is -0.475 e. The fourth-order valence-electron chi connectivity index (χ4n) is 4.20. The Hall–Kier alpha value is -4.62. The molecule has 0 unspecified atom stereocenters. The number of benzene rings is 1. The average Bonchev–Trinajstić information content (AvgIpc) is 3.27. The Morgan fingerprint density at radius 1 is 0.956 bits per heavy atom. The molecule has 0 radical (unpaired) electrons. The van der Waals surface area contributed by atoms with E-state index in [1.165, 1.54) is 0 Å². The van der Waals surface area contributed by atoms with Gasteiger partial charge < -0.3 is 30.6 Å². The highest BCUT2D eigenvalue weighted by Gasteiger charge is 2.50. The zero-order valence-electron chi connectivity index (χ0n) is 22.7. The minimum absolute atomic E-state index is 0.00432. The van der Waals surface area contributed by atoms with Crippen molar-refractivity contribution >= 4 is 29.4 Å². The molecule has 0 aliphatic carbocycles. The van der Waals surface area contributed by atoms with Gasteiger partial charge in [0.2, 0.25) is 5.91 Å². The fraction of sp³-hybridized carbons (Fsp3) is 0.400. The lowest BCUT2D eigenvalue weighted by atomic mass is 9.85. The first-order valence-electron chi connectivity index (χ1n) is 12.5. The average molecular weight is 661 g/mol. The van der Waals surface area contributed by atoms with E-state index in [2.05, 4.69) is 25.4 Å². The van der Waals surface area contributed by atoms with Crippen molar-refractivity contribution in [2.75, 3.05) is 37.7 Å². The summed E-state index contributed by atoms with van der Waals surface area (Å²) in [5, 5.41) is 19.8. The van der Waals surface area contributed by atoms with Gasteiger partial charge in [-0.25, -0.2) is 22.8 Å². The van der Waals surface area contributed by atoms with Crippen LogP contribution in [-0.4, -0.2) is 94.6 Å². The van der Waals surface area contributed by atoms with Gasteiger partial charge in [-0.15, -0.1) is 0 Å². The lowest BCUT2D eigenvalue weighted by molar-refractivity contribution is -0.193. The molecule has 3 heterocycles. The van der Waals surface area contributed by atoms with E-state index in [0.717, 1.165) is 5.69 Å². The summed E-state index contributed by atoms with van der Waals surface area (Å²) in [4.78, 5) is 50.8. The van der Waals surface area contributed by atoms with E-state index in [-0.39, 0.29) is 18.0 Å². The number of carboxylic acid groups (broad SMARTS) is 2. The Kier molecular flexibility index (Phi) is 12.1. The van der Waals surface area contributed by atoms with Crippen molar-refractivity contribution in [2.24, 2.45) is 0 Å². The molecule has 2 amide bonds. The van der Waals surface area contributed by atoms with Crippen LogP contribution in [0, 0.1) is 17.5 Å². The van der Waals surface area contributed by atoms with Crippen LogP contribution < -0.4 is 15.5 Å². The van der Waals surface area contributed by atoms with E-state index in [0.29, 0.717) is 51.3 Å². The van der Waals surface area contributed by atoms with Crippen molar-refractivity contribution in [3.05, 3.63) is 59.7 Å². The van der Waals surface area contributed by atoms with Gasteiger partial charge in [0.05, 0.1) is 18.6 Å². The van der Waals surface area contributed by atoms with E-state index in [9.17, 15) is 49.1 Å². The number of aromatic nitrogens is 1. The van der Waals surface area contributed by atoms with Crippen molar-refractivity contribution in [3.63, 3.8) is 0 Å². The smallest absolute Gasteiger partial charge is 0.475 e. The molecule has 1 aromatic carbocycles. The monoisotopic (exact) mass is 661 g/mol. The SMILES string of the molecule is O=C(NCCN1CCC2(CC1)C(=O)NCN2c1cccnc1)c1cc(F)c(F)c(F)c1.O=C(O)C(F)(F)F.O=C(O)C(F)(F)F. The van der Waals surface area contributed by atoms with Crippen LogP contribution in [0.4, 0.5) is 45.2 Å². The van der Waals surface area contributed by atoms with Gasteiger partial charge in [0.1, 0.15) is 5.54 Å². The van der Waals surface area contributed by atoms with Gasteiger partial charge in [-0.1, -0.05) is 0 Å². The van der Waals surface area contributed by atoms with Crippen LogP contribution in [0.1, 0.15) is 23.2 Å². The molecule has 4 rings (SSSR count). The lowest BCUT2D eigenvalue weighted by Crippen LogP contribution is -2.57. The number of nitrogens with one attached hydrogen (secondary N) is 2. The summed E-state index contributed by atoms with van der Waals surface area (Å²) in [7, 11) is 0. The number of amides is 2. The highest BCUT2D eigenvalue weighted by molar-refractivity contribution is 5.94. The predicted octanol–water partition coefficient (Wildman–Crippen LogP) is 2.92. The molecule has 0 saturated carbocycles. The Labute approximate surface area is 247 Å². The number of hydrogen-bond donors (Lipinski definition) is 4. The van der Waals surface area contributed by atoms with Gasteiger partial charge in [-0.3, -0.25) is 14.6 Å². The first kappa shape index (κ1) is 36.6. The number of nitrogens with zero attached hydrogens (tertiary/aromatic N) is 3. The van der Waals surface area contributed by atoms with E-state index < -0.39 is 53.2 Å². The van der Waals surface area contributed by atoms with Gasteiger partial charge in [0.25, 0.3) is 5.91 Å². The van der Waals surface area contributed by atoms with E-state index in [1.807, 2.05) is 12.1 Å². The molecular weight excluding hydrogens is 637 g/mol. The first-order valence-corrected chi connectivity index (χ1v) is 12.5. The van der Waals surface area contributed by atoms with E-state index in [4.69, 9.17) is 19.8 Å². The minimum atomic E-state index is -5.08. The van der Waals surface area contributed by atoms with Gasteiger partial charge >= 0.3 is 24.3 Å². The number of rotatable bonds is 5. The Balaban J connectivity index is 0.000000421. The molecule has 0 atom stereocenters. The Bertz CT molecular complexity index is 1320. The second-order valence-electron chi connectivity index (χ2n) is 9.29. The largest absolute Gasteiger partial charge is 0.490 e. The van der Waals surface area contributed by atoms with Crippen LogP contribution >= 0.6 is 0 Å². The number of piperidine rings is 1. The molecule has 248 valence electrons. The number of carbonyl (C=O) groups excluding carboxylic acids is 2. The molecule has 1 aromatic heterocycles. The maximum atomic E-state index is 13.3. The predicted molar refractivity (Wildman–Crippen MR) is 134 cm³/mol. The third-order valence-electron chi connectivity index (χ3n) is 6.42. The summed E-state index contributed by atoms with van der Waals surface area (Å²) in [5.41, 5.74) is -0.00423. The van der Waals surface area contributed by atoms with E-state index >= 15 is 0 Å². The van der Waals surface area contributed by atoms with Crippen molar-refractivity contribution in [2.45, 2.75) is 30.7 Å². The Morgan fingerprint density at radius 3 is 1.91 bits per heavy atom. The van der Waals surface area contributed by atoms with Crippen molar-refractivity contribution in [3.8, 4) is 0 Å². The van der Waals surface area contributed by atoms with Crippen LogP contribution in [0.25, 0.3) is 0 Å². The van der Waals surface area contributed by atoms with Crippen molar-refractivity contribution < 1.29 is 68.9 Å².